The molecule has 0 saturated heterocycles. The Bertz CT molecular complexity index is 656. The summed E-state index contributed by atoms with van der Waals surface area (Å²) in [5.74, 6) is -2.07. The number of nitrogens with one attached hydrogen (secondary N) is 1. The van der Waals surface area contributed by atoms with Crippen molar-refractivity contribution in [3.05, 3.63) is 70.3 Å². The van der Waals surface area contributed by atoms with E-state index in [0.29, 0.717) is 0 Å². The van der Waals surface area contributed by atoms with E-state index in [1.165, 1.54) is 13.0 Å². The molecule has 0 unspecified atom stereocenters. The smallest absolute Gasteiger partial charge is 0.254 e. The average Bonchev–Trinajstić information content (AvgIpc) is 2.49. The predicted molar refractivity (Wildman–Crippen MR) is 81.3 cm³/mol. The highest BCUT2D eigenvalue weighted by Crippen LogP contribution is 2.14. The molecule has 5 heteroatoms. The fraction of sp³-hybridized carbons (Fsp3) is 0.188. The van der Waals surface area contributed by atoms with Gasteiger partial charge in [-0.3, -0.25) is 4.79 Å². The topological polar surface area (TPSA) is 29.1 Å². The summed E-state index contributed by atoms with van der Waals surface area (Å²) in [5.41, 5.74) is 2.13. The molecule has 0 radical (unpaired) electrons. The molecule has 0 aliphatic rings. The van der Waals surface area contributed by atoms with E-state index in [-0.39, 0.29) is 17.7 Å². The van der Waals surface area contributed by atoms with Gasteiger partial charge in [-0.1, -0.05) is 40.2 Å². The van der Waals surface area contributed by atoms with Crippen LogP contribution in [0, 0.1) is 18.6 Å². The molecule has 110 valence electrons. The van der Waals surface area contributed by atoms with Gasteiger partial charge in [0.25, 0.3) is 5.91 Å². The van der Waals surface area contributed by atoms with E-state index in [1.54, 1.807) is 0 Å². The standard InChI is InChI=1S/C16H14BrF2NO/c1-10-6-13(15(19)7-14(10)18)16(21)20-9-12-4-2-11(8-17)3-5-12/h2-7H,8-9H2,1H3,(H,20,21). The Labute approximate surface area is 130 Å². The van der Waals surface area contributed by atoms with Gasteiger partial charge in [0.2, 0.25) is 0 Å². The molecule has 1 N–H and O–H groups in total. The minimum absolute atomic E-state index is 0.147. The Kier molecular flexibility index (Phi) is 5.07. The zero-order valence-electron chi connectivity index (χ0n) is 11.4. The van der Waals surface area contributed by atoms with Gasteiger partial charge in [0.05, 0.1) is 5.56 Å². The van der Waals surface area contributed by atoms with Crippen molar-refractivity contribution >= 4 is 21.8 Å². The molecule has 2 aromatic carbocycles. The normalized spacial score (nSPS) is 10.5. The van der Waals surface area contributed by atoms with Crippen LogP contribution in [0.3, 0.4) is 0 Å². The number of rotatable bonds is 4. The zero-order chi connectivity index (χ0) is 15.4. The van der Waals surface area contributed by atoms with Crippen LogP contribution in [0.15, 0.2) is 36.4 Å². The predicted octanol–water partition coefficient (Wildman–Crippen LogP) is 4.10. The van der Waals surface area contributed by atoms with Crippen LogP contribution < -0.4 is 5.32 Å². The summed E-state index contributed by atoms with van der Waals surface area (Å²) >= 11 is 3.35. The van der Waals surface area contributed by atoms with E-state index in [9.17, 15) is 13.6 Å². The van der Waals surface area contributed by atoms with Crippen molar-refractivity contribution in [2.75, 3.05) is 0 Å². The molecule has 0 aromatic heterocycles. The number of aryl methyl sites for hydroxylation is 1. The Morgan fingerprint density at radius 1 is 1.10 bits per heavy atom. The van der Waals surface area contributed by atoms with Crippen molar-refractivity contribution in [3.63, 3.8) is 0 Å². The molecule has 0 spiro atoms. The van der Waals surface area contributed by atoms with Gasteiger partial charge in [-0.2, -0.15) is 0 Å². The quantitative estimate of drug-likeness (QED) is 0.823. The van der Waals surface area contributed by atoms with Gasteiger partial charge in [-0.05, 0) is 29.7 Å². The third-order valence-corrected chi connectivity index (χ3v) is 3.77. The van der Waals surface area contributed by atoms with E-state index in [1.807, 2.05) is 24.3 Å². The average molecular weight is 354 g/mol. The Hall–Kier alpha value is -1.75. The van der Waals surface area contributed by atoms with E-state index in [0.717, 1.165) is 22.5 Å². The molecule has 2 rings (SSSR count). The zero-order valence-corrected chi connectivity index (χ0v) is 13.0. The molecular formula is C16H14BrF2NO. The highest BCUT2D eigenvalue weighted by atomic mass is 79.9. The van der Waals surface area contributed by atoms with Crippen LogP contribution in [0.2, 0.25) is 0 Å². The summed E-state index contributed by atoms with van der Waals surface area (Å²) in [6.45, 7) is 1.78. The minimum atomic E-state index is -0.856. The van der Waals surface area contributed by atoms with Crippen LogP contribution in [-0.2, 0) is 11.9 Å². The Balaban J connectivity index is 2.06. The molecule has 0 heterocycles. The van der Waals surface area contributed by atoms with Crippen molar-refractivity contribution in [3.8, 4) is 0 Å². The maximum atomic E-state index is 13.6. The first-order valence-electron chi connectivity index (χ1n) is 6.39. The third kappa shape index (κ3) is 3.88. The largest absolute Gasteiger partial charge is 0.348 e. The number of amides is 1. The number of carbonyl (C=O) groups is 1. The number of halogens is 3. The van der Waals surface area contributed by atoms with Crippen molar-refractivity contribution in [1.82, 2.24) is 5.32 Å². The molecule has 0 bridgehead atoms. The highest BCUT2D eigenvalue weighted by molar-refractivity contribution is 9.08. The summed E-state index contributed by atoms with van der Waals surface area (Å²) in [6, 6.07) is 9.62. The van der Waals surface area contributed by atoms with Gasteiger partial charge in [0.15, 0.2) is 0 Å². The van der Waals surface area contributed by atoms with Gasteiger partial charge >= 0.3 is 0 Å². The van der Waals surface area contributed by atoms with E-state index < -0.39 is 17.5 Å². The molecular weight excluding hydrogens is 340 g/mol. The summed E-state index contributed by atoms with van der Waals surface area (Å²) in [5, 5.41) is 3.39. The molecule has 21 heavy (non-hydrogen) atoms. The van der Waals surface area contributed by atoms with Gasteiger partial charge in [0.1, 0.15) is 11.6 Å². The molecule has 0 aliphatic heterocycles. The van der Waals surface area contributed by atoms with Gasteiger partial charge < -0.3 is 5.32 Å². The number of carbonyl (C=O) groups excluding carboxylic acids is 1. The van der Waals surface area contributed by atoms with Crippen LogP contribution in [0.25, 0.3) is 0 Å². The SMILES string of the molecule is Cc1cc(C(=O)NCc2ccc(CBr)cc2)c(F)cc1F. The third-order valence-electron chi connectivity index (χ3n) is 3.12. The monoisotopic (exact) mass is 353 g/mol. The summed E-state index contributed by atoms with van der Waals surface area (Å²) < 4.78 is 26.8. The molecule has 0 aliphatic carbocycles. The van der Waals surface area contributed by atoms with Gasteiger partial charge in [-0.25, -0.2) is 8.78 Å². The lowest BCUT2D eigenvalue weighted by atomic mass is 10.1. The number of benzene rings is 2. The lowest BCUT2D eigenvalue weighted by Gasteiger charge is -2.08. The fourth-order valence-electron chi connectivity index (χ4n) is 1.86. The molecule has 2 aromatic rings. The summed E-state index contributed by atoms with van der Waals surface area (Å²) in [4.78, 5) is 11.9. The maximum Gasteiger partial charge on any atom is 0.254 e. The summed E-state index contributed by atoms with van der Waals surface area (Å²) in [7, 11) is 0. The van der Waals surface area contributed by atoms with Crippen LogP contribution in [0.5, 0.6) is 0 Å². The van der Waals surface area contributed by atoms with Crippen molar-refractivity contribution in [2.45, 2.75) is 18.8 Å². The second-order valence-corrected chi connectivity index (χ2v) is 5.27. The first-order chi connectivity index (χ1) is 10.0. The van der Waals surface area contributed by atoms with Crippen molar-refractivity contribution in [1.29, 1.82) is 0 Å². The van der Waals surface area contributed by atoms with Crippen LogP contribution in [0.1, 0.15) is 27.0 Å². The van der Waals surface area contributed by atoms with Crippen molar-refractivity contribution in [2.24, 2.45) is 0 Å². The lowest BCUT2D eigenvalue weighted by Crippen LogP contribution is -2.24. The first-order valence-corrected chi connectivity index (χ1v) is 7.51. The minimum Gasteiger partial charge on any atom is -0.348 e. The number of alkyl halides is 1. The molecule has 0 atom stereocenters. The number of hydrogen-bond acceptors (Lipinski definition) is 1. The van der Waals surface area contributed by atoms with Crippen molar-refractivity contribution < 1.29 is 13.6 Å². The highest BCUT2D eigenvalue weighted by Gasteiger charge is 2.14. The molecule has 0 fully saturated rings. The Morgan fingerprint density at radius 3 is 2.33 bits per heavy atom. The molecule has 2 nitrogen and oxygen atoms in total. The lowest BCUT2D eigenvalue weighted by molar-refractivity contribution is 0.0946. The van der Waals surface area contributed by atoms with E-state index in [2.05, 4.69) is 21.2 Å². The number of hydrogen-bond donors (Lipinski definition) is 1. The first kappa shape index (κ1) is 15.6. The van der Waals surface area contributed by atoms with Crippen LogP contribution in [-0.4, -0.2) is 5.91 Å². The van der Waals surface area contributed by atoms with E-state index >= 15 is 0 Å². The second kappa shape index (κ2) is 6.80. The van der Waals surface area contributed by atoms with E-state index in [4.69, 9.17) is 0 Å². The maximum absolute atomic E-state index is 13.6. The van der Waals surface area contributed by atoms with Crippen LogP contribution in [0.4, 0.5) is 8.78 Å². The van der Waals surface area contributed by atoms with Gasteiger partial charge in [-0.15, -0.1) is 0 Å². The fourth-order valence-corrected chi connectivity index (χ4v) is 2.23. The second-order valence-electron chi connectivity index (χ2n) is 4.71. The molecule has 0 saturated carbocycles. The van der Waals surface area contributed by atoms with Crippen LogP contribution >= 0.6 is 15.9 Å². The summed E-state index contributed by atoms with van der Waals surface area (Å²) in [6.07, 6.45) is 0. The van der Waals surface area contributed by atoms with Gasteiger partial charge in [0, 0.05) is 17.9 Å². The Morgan fingerprint density at radius 2 is 1.71 bits per heavy atom. The molecule has 1 amide bonds.